The van der Waals surface area contributed by atoms with Gasteiger partial charge in [-0.1, -0.05) is 6.92 Å². The van der Waals surface area contributed by atoms with Gasteiger partial charge in [-0.05, 0) is 0 Å². The summed E-state index contributed by atoms with van der Waals surface area (Å²) < 4.78 is 0. The Morgan fingerprint density at radius 1 is 1.43 bits per heavy atom. The summed E-state index contributed by atoms with van der Waals surface area (Å²) in [6, 6.07) is 0. The third-order valence-corrected chi connectivity index (χ3v) is 0.735. The lowest BCUT2D eigenvalue weighted by Crippen LogP contribution is -2.09. The van der Waals surface area contributed by atoms with E-state index in [-0.39, 0.29) is 0 Å². The first kappa shape index (κ1) is 4.30. The van der Waals surface area contributed by atoms with Gasteiger partial charge in [0.25, 0.3) is 0 Å². The first-order valence-electron chi connectivity index (χ1n) is 2.21. The van der Waals surface area contributed by atoms with Gasteiger partial charge < -0.3 is 0 Å². The van der Waals surface area contributed by atoms with Crippen molar-refractivity contribution >= 4 is 12.4 Å². The molecule has 3 heteroatoms. The van der Waals surface area contributed by atoms with Crippen molar-refractivity contribution in [3.8, 4) is 0 Å². The Labute approximate surface area is 42.1 Å². The summed E-state index contributed by atoms with van der Waals surface area (Å²) in [5.41, 5.74) is 2.45. The van der Waals surface area contributed by atoms with Crippen molar-refractivity contribution in [2.24, 2.45) is 16.1 Å². The van der Waals surface area contributed by atoms with Crippen LogP contribution < -0.4 is 5.53 Å². The van der Waals surface area contributed by atoms with E-state index in [1.54, 1.807) is 12.4 Å². The molecule has 1 rings (SSSR count). The van der Waals surface area contributed by atoms with Gasteiger partial charge >= 0.3 is 0 Å². The van der Waals surface area contributed by atoms with Crippen LogP contribution in [-0.4, -0.2) is 12.4 Å². The fraction of sp³-hybridized carbons (Fsp3) is 0.500. The Kier molecular flexibility index (Phi) is 1.06. The van der Waals surface area contributed by atoms with Crippen molar-refractivity contribution in [3.63, 3.8) is 0 Å². The SMILES string of the molecule is CC1C=NNN=C1. The molecule has 0 saturated carbocycles. The highest BCUT2D eigenvalue weighted by molar-refractivity contribution is 5.83. The van der Waals surface area contributed by atoms with E-state index in [0.29, 0.717) is 5.92 Å². The minimum absolute atomic E-state index is 0.390. The van der Waals surface area contributed by atoms with Gasteiger partial charge in [-0.25, -0.2) is 0 Å². The third-order valence-electron chi connectivity index (χ3n) is 0.735. The van der Waals surface area contributed by atoms with Crippen molar-refractivity contribution in [3.05, 3.63) is 0 Å². The molecule has 0 unspecified atom stereocenters. The minimum atomic E-state index is 0.390. The van der Waals surface area contributed by atoms with E-state index in [4.69, 9.17) is 0 Å². The van der Waals surface area contributed by atoms with Gasteiger partial charge in [-0.15, -0.1) is 0 Å². The summed E-state index contributed by atoms with van der Waals surface area (Å²) in [5.74, 6) is 0.390. The van der Waals surface area contributed by atoms with Crippen LogP contribution in [0.15, 0.2) is 10.2 Å². The van der Waals surface area contributed by atoms with E-state index in [9.17, 15) is 0 Å². The molecule has 1 aliphatic heterocycles. The van der Waals surface area contributed by atoms with Crippen LogP contribution in [-0.2, 0) is 0 Å². The molecular formula is C4H7N3. The fourth-order valence-electron chi connectivity index (χ4n) is 0.374. The second-order valence-electron chi connectivity index (χ2n) is 1.52. The van der Waals surface area contributed by atoms with Crippen LogP contribution in [0.4, 0.5) is 0 Å². The molecule has 0 aromatic carbocycles. The number of rotatable bonds is 0. The highest BCUT2D eigenvalue weighted by Crippen LogP contribution is 1.86. The lowest BCUT2D eigenvalue weighted by Gasteiger charge is -1.99. The van der Waals surface area contributed by atoms with E-state index < -0.39 is 0 Å². The second kappa shape index (κ2) is 1.73. The Bertz CT molecular complexity index is 93.5. The smallest absolute Gasteiger partial charge is 0.0345 e. The molecule has 1 aliphatic rings. The van der Waals surface area contributed by atoms with Crippen molar-refractivity contribution in [1.29, 1.82) is 0 Å². The average Bonchev–Trinajstić information content (AvgIpc) is 1.69. The van der Waals surface area contributed by atoms with E-state index in [1.807, 2.05) is 6.92 Å². The largest absolute Gasteiger partial charge is 0.199 e. The molecule has 0 spiro atoms. The predicted molar refractivity (Wildman–Crippen MR) is 29.3 cm³/mol. The zero-order chi connectivity index (χ0) is 5.11. The van der Waals surface area contributed by atoms with Gasteiger partial charge in [0, 0.05) is 18.3 Å². The second-order valence-corrected chi connectivity index (χ2v) is 1.52. The van der Waals surface area contributed by atoms with Crippen LogP contribution in [0.25, 0.3) is 0 Å². The summed E-state index contributed by atoms with van der Waals surface area (Å²) in [6.45, 7) is 2.02. The number of hydrogen-bond donors (Lipinski definition) is 1. The summed E-state index contributed by atoms with van der Waals surface area (Å²) in [4.78, 5) is 0. The van der Waals surface area contributed by atoms with Gasteiger partial charge in [-0.2, -0.15) is 15.7 Å². The van der Waals surface area contributed by atoms with E-state index in [0.717, 1.165) is 0 Å². The van der Waals surface area contributed by atoms with Crippen LogP contribution in [0.3, 0.4) is 0 Å². The predicted octanol–water partition coefficient (Wildman–Crippen LogP) is 0.197. The van der Waals surface area contributed by atoms with Crippen molar-refractivity contribution in [2.45, 2.75) is 6.92 Å². The molecule has 0 atom stereocenters. The molecule has 0 aromatic heterocycles. The normalized spacial score (nSPS) is 19.6. The maximum atomic E-state index is 3.69. The maximum Gasteiger partial charge on any atom is 0.0345 e. The Hall–Kier alpha value is -0.860. The molecule has 0 fully saturated rings. The lowest BCUT2D eigenvalue weighted by molar-refractivity contribution is 0.781. The molecule has 1 heterocycles. The summed E-state index contributed by atoms with van der Waals surface area (Å²) in [5, 5.41) is 7.37. The Morgan fingerprint density at radius 2 is 2.00 bits per heavy atom. The fourth-order valence-corrected chi connectivity index (χ4v) is 0.374. The summed E-state index contributed by atoms with van der Waals surface area (Å²) in [7, 11) is 0. The standard InChI is InChI=1S/C4H7N3/c1-4-2-5-7-6-3-4/h2-4,7H,1H3. The molecule has 0 bridgehead atoms. The van der Waals surface area contributed by atoms with Crippen LogP contribution in [0.1, 0.15) is 6.92 Å². The number of hydrogen-bond acceptors (Lipinski definition) is 3. The molecule has 0 amide bonds. The molecule has 7 heavy (non-hydrogen) atoms. The van der Waals surface area contributed by atoms with Crippen LogP contribution in [0.2, 0.25) is 0 Å². The number of nitrogens with zero attached hydrogens (tertiary/aromatic N) is 2. The van der Waals surface area contributed by atoms with Gasteiger partial charge in [0.2, 0.25) is 0 Å². The van der Waals surface area contributed by atoms with E-state index >= 15 is 0 Å². The molecule has 38 valence electrons. The van der Waals surface area contributed by atoms with Crippen LogP contribution in [0.5, 0.6) is 0 Å². The van der Waals surface area contributed by atoms with Gasteiger partial charge in [0.05, 0.1) is 0 Å². The topological polar surface area (TPSA) is 36.8 Å². The average molecular weight is 97.1 g/mol. The van der Waals surface area contributed by atoms with Gasteiger partial charge in [-0.3, -0.25) is 0 Å². The molecule has 3 nitrogen and oxygen atoms in total. The zero-order valence-corrected chi connectivity index (χ0v) is 4.13. The summed E-state index contributed by atoms with van der Waals surface area (Å²) >= 11 is 0. The summed E-state index contributed by atoms with van der Waals surface area (Å²) in [6.07, 6.45) is 3.60. The monoisotopic (exact) mass is 97.1 g/mol. The first-order chi connectivity index (χ1) is 3.39. The molecule has 0 radical (unpaired) electrons. The molecular weight excluding hydrogens is 90.1 g/mol. The quantitative estimate of drug-likeness (QED) is 0.460. The number of hydrazone groups is 2. The molecule has 0 aliphatic carbocycles. The van der Waals surface area contributed by atoms with E-state index in [2.05, 4.69) is 15.7 Å². The maximum absolute atomic E-state index is 3.69. The Morgan fingerprint density at radius 3 is 2.29 bits per heavy atom. The highest BCUT2D eigenvalue weighted by atomic mass is 15.5. The molecule has 0 saturated heterocycles. The third kappa shape index (κ3) is 0.994. The highest BCUT2D eigenvalue weighted by Gasteiger charge is 1.92. The van der Waals surface area contributed by atoms with Crippen molar-refractivity contribution < 1.29 is 0 Å². The van der Waals surface area contributed by atoms with Crippen molar-refractivity contribution in [1.82, 2.24) is 5.53 Å². The zero-order valence-electron chi connectivity index (χ0n) is 4.13. The van der Waals surface area contributed by atoms with E-state index in [1.165, 1.54) is 0 Å². The molecule has 0 aromatic rings. The molecule has 1 N–H and O–H groups in total. The van der Waals surface area contributed by atoms with Gasteiger partial charge in [0.1, 0.15) is 0 Å². The first-order valence-corrected chi connectivity index (χ1v) is 2.21. The lowest BCUT2D eigenvalue weighted by atomic mass is 10.2. The van der Waals surface area contributed by atoms with Crippen LogP contribution >= 0.6 is 0 Å². The van der Waals surface area contributed by atoms with Crippen molar-refractivity contribution in [2.75, 3.05) is 0 Å². The van der Waals surface area contributed by atoms with Crippen LogP contribution in [0, 0.1) is 5.92 Å². The van der Waals surface area contributed by atoms with Gasteiger partial charge in [0.15, 0.2) is 0 Å². The minimum Gasteiger partial charge on any atom is -0.199 e. The number of nitrogens with one attached hydrogen (secondary N) is 1. The Balaban J connectivity index is 2.49.